The van der Waals surface area contributed by atoms with E-state index in [0.29, 0.717) is 23.4 Å². The Morgan fingerprint density at radius 2 is 1.41 bits per heavy atom. The monoisotopic (exact) mass is 529 g/mol. The Hall–Kier alpha value is -2.04. The van der Waals surface area contributed by atoms with Gasteiger partial charge in [0.2, 0.25) is 0 Å². The van der Waals surface area contributed by atoms with Crippen LogP contribution in [0.2, 0.25) is 0 Å². The first-order chi connectivity index (χ1) is 18.0. The molecule has 2 atom stereocenters. The van der Waals surface area contributed by atoms with Crippen molar-refractivity contribution in [3.63, 3.8) is 0 Å². The zero-order chi connectivity index (χ0) is 26.8. The molecular weight excluding hydrogens is 482 g/mol. The molecule has 206 valence electrons. The molecule has 6 nitrogen and oxygen atoms in total. The van der Waals surface area contributed by atoms with Crippen LogP contribution in [0.4, 0.5) is 0 Å². The van der Waals surface area contributed by atoms with Crippen molar-refractivity contribution in [3.8, 4) is 6.07 Å². The number of nitrogens with one attached hydrogen (secondary N) is 2. The minimum Gasteiger partial charge on any atom is -0.480 e. The largest absolute Gasteiger partial charge is 0.480 e. The van der Waals surface area contributed by atoms with Crippen LogP contribution >= 0.6 is 11.8 Å². The first-order valence-electron chi connectivity index (χ1n) is 14.5. The van der Waals surface area contributed by atoms with Crippen LogP contribution in [0.15, 0.2) is 24.3 Å². The van der Waals surface area contributed by atoms with Crippen LogP contribution < -0.4 is 10.6 Å². The van der Waals surface area contributed by atoms with Crippen LogP contribution in [0.25, 0.3) is 0 Å². The first kappa shape index (κ1) is 31.2. The highest BCUT2D eigenvalue weighted by Crippen LogP contribution is 2.40. The lowest BCUT2D eigenvalue weighted by molar-refractivity contribution is -0.139. The third-order valence-corrected chi connectivity index (χ3v) is 8.67. The van der Waals surface area contributed by atoms with Crippen LogP contribution in [-0.2, 0) is 14.5 Å². The van der Waals surface area contributed by atoms with Crippen molar-refractivity contribution in [3.05, 3.63) is 35.4 Å². The van der Waals surface area contributed by atoms with Crippen molar-refractivity contribution in [2.24, 2.45) is 0 Å². The molecule has 1 aliphatic heterocycles. The molecule has 1 fully saturated rings. The van der Waals surface area contributed by atoms with Crippen LogP contribution in [0.1, 0.15) is 121 Å². The number of rotatable bonds is 20. The molecule has 1 aliphatic rings. The van der Waals surface area contributed by atoms with Gasteiger partial charge in [0.1, 0.15) is 6.04 Å². The summed E-state index contributed by atoms with van der Waals surface area (Å²) in [6, 6.07) is 8.08. The van der Waals surface area contributed by atoms with E-state index in [4.69, 9.17) is 5.26 Å². The fourth-order valence-corrected chi connectivity index (χ4v) is 6.25. The lowest BCUT2D eigenvalue weighted by Gasteiger charge is -2.28. The minimum atomic E-state index is -1.15. The van der Waals surface area contributed by atoms with Crippen molar-refractivity contribution in [2.75, 3.05) is 12.3 Å². The standard InChI is InChI=1S/C30H47N3O3S/c1-2-3-4-5-6-7-8-9-10-11-12-13-14-15-16-17-22-32-29(36)30(33-27(24-37-30)28(34)35)26-20-18-25(23-31)19-21-26/h18-21,27,33H,2-17,22,24H2,1H3,(H,32,36)(H,34,35)/t27-,30?/m0/s1. The van der Waals surface area contributed by atoms with E-state index in [-0.39, 0.29) is 5.91 Å². The molecule has 0 spiro atoms. The smallest absolute Gasteiger partial charge is 0.321 e. The summed E-state index contributed by atoms with van der Waals surface area (Å²) in [7, 11) is 0. The van der Waals surface area contributed by atoms with Crippen LogP contribution in [0.5, 0.6) is 0 Å². The SMILES string of the molecule is CCCCCCCCCCCCCCCCCCNC(=O)C1(c2ccc(C#N)cc2)N[C@H](C(=O)O)CS1. The molecule has 1 saturated heterocycles. The second-order valence-corrected chi connectivity index (χ2v) is 11.5. The zero-order valence-corrected chi connectivity index (χ0v) is 23.6. The number of thioether (sulfide) groups is 1. The highest BCUT2D eigenvalue weighted by atomic mass is 32.2. The first-order valence-corrected chi connectivity index (χ1v) is 15.5. The normalized spacial score (nSPS) is 19.0. The summed E-state index contributed by atoms with van der Waals surface area (Å²) in [6.07, 6.45) is 20.9. The Kier molecular flexibility index (Phi) is 15.4. The Labute approximate surface area is 228 Å². The third-order valence-electron chi connectivity index (χ3n) is 7.20. The van der Waals surface area contributed by atoms with Gasteiger partial charge in [0.05, 0.1) is 11.6 Å². The average Bonchev–Trinajstić information content (AvgIpc) is 3.38. The lowest BCUT2D eigenvalue weighted by atomic mass is 10.0. The third kappa shape index (κ3) is 11.1. The molecule has 1 unspecified atom stereocenters. The molecule has 1 heterocycles. The van der Waals surface area contributed by atoms with Gasteiger partial charge in [0.15, 0.2) is 4.87 Å². The van der Waals surface area contributed by atoms with Crippen molar-refractivity contribution < 1.29 is 14.7 Å². The van der Waals surface area contributed by atoms with Gasteiger partial charge in [-0.25, -0.2) is 0 Å². The number of nitriles is 1. The maximum atomic E-state index is 13.2. The molecule has 0 bridgehead atoms. The summed E-state index contributed by atoms with van der Waals surface area (Å²) in [6.45, 7) is 2.85. The van der Waals surface area contributed by atoms with Gasteiger partial charge in [-0.3, -0.25) is 14.9 Å². The summed E-state index contributed by atoms with van der Waals surface area (Å²) >= 11 is 1.30. The van der Waals surface area contributed by atoms with E-state index >= 15 is 0 Å². The molecule has 37 heavy (non-hydrogen) atoms. The quantitative estimate of drug-likeness (QED) is 0.159. The Morgan fingerprint density at radius 3 is 1.84 bits per heavy atom. The Bertz CT molecular complexity index is 839. The van der Waals surface area contributed by atoms with Gasteiger partial charge in [0.25, 0.3) is 5.91 Å². The number of unbranched alkanes of at least 4 members (excludes halogenated alkanes) is 15. The van der Waals surface area contributed by atoms with Gasteiger partial charge in [-0.05, 0) is 24.1 Å². The molecule has 0 aliphatic carbocycles. The molecule has 0 radical (unpaired) electrons. The lowest BCUT2D eigenvalue weighted by Crippen LogP contribution is -2.52. The number of hydrogen-bond donors (Lipinski definition) is 3. The number of benzene rings is 1. The average molecular weight is 530 g/mol. The molecular formula is C30H47N3O3S. The summed E-state index contributed by atoms with van der Waals surface area (Å²) in [5.74, 6) is -0.873. The van der Waals surface area contributed by atoms with E-state index in [1.807, 2.05) is 0 Å². The molecule has 7 heteroatoms. The summed E-state index contributed by atoms with van der Waals surface area (Å²) < 4.78 is 0. The van der Waals surface area contributed by atoms with Gasteiger partial charge < -0.3 is 10.4 Å². The van der Waals surface area contributed by atoms with Crippen molar-refractivity contribution in [1.29, 1.82) is 5.26 Å². The number of amides is 1. The van der Waals surface area contributed by atoms with Gasteiger partial charge in [-0.15, -0.1) is 11.8 Å². The van der Waals surface area contributed by atoms with Crippen LogP contribution in [0.3, 0.4) is 0 Å². The summed E-state index contributed by atoms with van der Waals surface area (Å²) in [4.78, 5) is 23.6. The second-order valence-electron chi connectivity index (χ2n) is 10.3. The number of carboxylic acids is 1. The summed E-state index contributed by atoms with van der Waals surface area (Å²) in [5, 5.41) is 24.6. The number of aliphatic carboxylic acids is 1. The van der Waals surface area contributed by atoms with E-state index in [1.165, 1.54) is 102 Å². The van der Waals surface area contributed by atoms with Gasteiger partial charge in [0, 0.05) is 12.3 Å². The fraction of sp³-hybridized carbons (Fsp3) is 0.700. The van der Waals surface area contributed by atoms with E-state index < -0.39 is 16.9 Å². The highest BCUT2D eigenvalue weighted by Gasteiger charge is 2.49. The van der Waals surface area contributed by atoms with Gasteiger partial charge >= 0.3 is 5.97 Å². The Morgan fingerprint density at radius 1 is 0.919 bits per heavy atom. The predicted molar refractivity (Wildman–Crippen MR) is 152 cm³/mol. The minimum absolute atomic E-state index is 0.216. The predicted octanol–water partition coefficient (Wildman–Crippen LogP) is 6.88. The van der Waals surface area contributed by atoms with E-state index in [1.54, 1.807) is 24.3 Å². The highest BCUT2D eigenvalue weighted by molar-refractivity contribution is 8.01. The van der Waals surface area contributed by atoms with Crippen molar-refractivity contribution in [1.82, 2.24) is 10.6 Å². The Balaban J connectivity index is 1.57. The second kappa shape index (κ2) is 18.3. The number of carboxylic acid groups (broad SMARTS) is 1. The van der Waals surface area contributed by atoms with Crippen LogP contribution in [-0.4, -0.2) is 35.3 Å². The molecule has 1 amide bonds. The van der Waals surface area contributed by atoms with E-state index in [9.17, 15) is 14.7 Å². The molecule has 0 saturated carbocycles. The molecule has 1 aromatic rings. The van der Waals surface area contributed by atoms with E-state index in [2.05, 4.69) is 23.6 Å². The van der Waals surface area contributed by atoms with Gasteiger partial charge in [-0.2, -0.15) is 5.26 Å². The number of hydrogen-bond acceptors (Lipinski definition) is 5. The topological polar surface area (TPSA) is 102 Å². The van der Waals surface area contributed by atoms with E-state index in [0.717, 1.165) is 12.8 Å². The summed E-state index contributed by atoms with van der Waals surface area (Å²) in [5.41, 5.74) is 1.18. The van der Waals surface area contributed by atoms with Crippen molar-refractivity contribution in [2.45, 2.75) is 121 Å². The maximum absolute atomic E-state index is 13.2. The number of carbonyl (C=O) groups is 2. The number of carbonyl (C=O) groups excluding carboxylic acids is 1. The molecule has 3 N–H and O–H groups in total. The number of nitrogens with zero attached hydrogens (tertiary/aromatic N) is 1. The maximum Gasteiger partial charge on any atom is 0.321 e. The zero-order valence-electron chi connectivity index (χ0n) is 22.7. The fourth-order valence-electron chi connectivity index (χ4n) is 4.88. The molecule has 1 aromatic carbocycles. The molecule has 2 rings (SSSR count). The van der Waals surface area contributed by atoms with Gasteiger partial charge in [-0.1, -0.05) is 115 Å². The van der Waals surface area contributed by atoms with Crippen LogP contribution in [0, 0.1) is 11.3 Å². The van der Waals surface area contributed by atoms with Crippen molar-refractivity contribution >= 4 is 23.6 Å². The molecule has 0 aromatic heterocycles.